The number of hydrogen-bond acceptors (Lipinski definition) is 9. The molecule has 1 aliphatic carbocycles. The van der Waals surface area contributed by atoms with Crippen LogP contribution in [-0.2, 0) is 19.7 Å². The van der Waals surface area contributed by atoms with Gasteiger partial charge in [-0.15, -0.1) is 11.3 Å². The normalized spacial score (nSPS) is 19.6. The summed E-state index contributed by atoms with van der Waals surface area (Å²) in [5.41, 5.74) is 15.2. The van der Waals surface area contributed by atoms with Crippen LogP contribution >= 0.6 is 11.3 Å². The summed E-state index contributed by atoms with van der Waals surface area (Å²) in [6.45, 7) is 4.14. The number of amides is 1. The quantitative estimate of drug-likeness (QED) is 0.273. The highest BCUT2D eigenvalue weighted by Gasteiger charge is 2.37. The molecule has 2 aliphatic heterocycles. The number of nitrogen functional groups attached to an aromatic ring is 1. The Labute approximate surface area is 237 Å². The number of aromatic nitrogens is 1. The minimum Gasteiger partial charge on any atom is -0.405 e. The van der Waals surface area contributed by atoms with E-state index >= 15 is 0 Å². The van der Waals surface area contributed by atoms with Crippen LogP contribution in [0.2, 0.25) is 0 Å². The number of thiazole rings is 1. The number of carbonyl (C=O) groups excluding carboxylic acids is 1. The molecule has 1 saturated heterocycles. The zero-order valence-corrected chi connectivity index (χ0v) is 23.2. The first-order chi connectivity index (χ1) is 19.3. The molecule has 1 unspecified atom stereocenters. The molecule has 6 rings (SSSR count). The number of benzodiazepines with no additional fused rings is 1. The Morgan fingerprint density at radius 2 is 1.82 bits per heavy atom. The molecule has 0 spiro atoms. The van der Waals surface area contributed by atoms with Crippen molar-refractivity contribution in [2.45, 2.75) is 50.6 Å². The summed E-state index contributed by atoms with van der Waals surface area (Å²) in [7, 11) is 0. The molecule has 1 amide bonds. The molecule has 40 heavy (non-hydrogen) atoms. The second kappa shape index (κ2) is 12.0. The van der Waals surface area contributed by atoms with Gasteiger partial charge in [0.2, 0.25) is 12.1 Å². The van der Waals surface area contributed by atoms with Crippen molar-refractivity contribution >= 4 is 45.6 Å². The van der Waals surface area contributed by atoms with E-state index in [1.807, 2.05) is 48.5 Å². The van der Waals surface area contributed by atoms with Crippen LogP contribution in [0.3, 0.4) is 0 Å². The number of ether oxygens (including phenoxy) is 2. The molecule has 1 aromatic heterocycles. The molecule has 2 aromatic carbocycles. The predicted molar refractivity (Wildman–Crippen MR) is 158 cm³/mol. The van der Waals surface area contributed by atoms with Gasteiger partial charge in [-0.05, 0) is 31.7 Å². The topological polar surface area (TPSA) is 161 Å². The maximum Gasteiger partial charge on any atom is 0.291 e. The van der Waals surface area contributed by atoms with E-state index in [1.165, 1.54) is 24.2 Å². The molecular formula is C29H33N7O3S. The van der Waals surface area contributed by atoms with Crippen molar-refractivity contribution in [3.05, 3.63) is 76.4 Å². The third-order valence-corrected chi connectivity index (χ3v) is 8.29. The van der Waals surface area contributed by atoms with Crippen LogP contribution in [0.25, 0.3) is 0 Å². The zero-order chi connectivity index (χ0) is 28.1. The lowest BCUT2D eigenvalue weighted by Crippen LogP contribution is -2.31. The molecule has 1 saturated carbocycles. The van der Waals surface area contributed by atoms with Gasteiger partial charge in [-0.1, -0.05) is 61.9 Å². The fourth-order valence-electron chi connectivity index (χ4n) is 4.64. The van der Waals surface area contributed by atoms with Crippen molar-refractivity contribution in [3.63, 3.8) is 0 Å². The monoisotopic (exact) mass is 559 g/mol. The number of rotatable bonds is 4. The lowest BCUT2D eigenvalue weighted by atomic mass is 9.71. The summed E-state index contributed by atoms with van der Waals surface area (Å²) in [4.78, 5) is 26.3. The van der Waals surface area contributed by atoms with Gasteiger partial charge in [0.25, 0.3) is 11.9 Å². The molecule has 0 bridgehead atoms. The van der Waals surface area contributed by atoms with E-state index in [-0.39, 0.29) is 23.0 Å². The van der Waals surface area contributed by atoms with Gasteiger partial charge in [0.1, 0.15) is 10.0 Å². The van der Waals surface area contributed by atoms with Crippen LogP contribution in [0.1, 0.15) is 60.9 Å². The van der Waals surface area contributed by atoms with Gasteiger partial charge < -0.3 is 26.3 Å². The van der Waals surface area contributed by atoms with E-state index in [2.05, 4.69) is 27.2 Å². The number of benzene rings is 2. The smallest absolute Gasteiger partial charge is 0.291 e. The highest BCUT2D eigenvalue weighted by Crippen LogP contribution is 2.45. The Morgan fingerprint density at radius 3 is 2.48 bits per heavy atom. The summed E-state index contributed by atoms with van der Waals surface area (Å²) < 4.78 is 10.4. The fourth-order valence-corrected chi connectivity index (χ4v) is 5.67. The van der Waals surface area contributed by atoms with Gasteiger partial charge in [-0.25, -0.2) is 9.98 Å². The largest absolute Gasteiger partial charge is 0.405 e. The molecule has 6 N–H and O–H groups in total. The lowest BCUT2D eigenvalue weighted by molar-refractivity contribution is -0.117. The summed E-state index contributed by atoms with van der Waals surface area (Å²) in [5.74, 6) is -0.784. The van der Waals surface area contributed by atoms with Gasteiger partial charge in [0.05, 0.1) is 11.4 Å². The van der Waals surface area contributed by atoms with Gasteiger partial charge >= 0.3 is 0 Å². The average Bonchev–Trinajstić information content (AvgIpc) is 3.62. The Hall–Kier alpha value is -4.09. The molecule has 10 nitrogen and oxygen atoms in total. The molecule has 0 radical (unpaired) electrons. The first kappa shape index (κ1) is 27.5. The molecule has 1 atom stereocenters. The highest BCUT2D eigenvalue weighted by atomic mass is 32.1. The minimum atomic E-state index is -1.21. The number of nitrogens with one attached hydrogen (secondary N) is 2. The Kier molecular flexibility index (Phi) is 8.22. The molecule has 3 heterocycles. The average molecular weight is 560 g/mol. The summed E-state index contributed by atoms with van der Waals surface area (Å²) in [6.07, 6.45) is 4.58. The van der Waals surface area contributed by atoms with Crippen molar-refractivity contribution in [1.82, 2.24) is 4.98 Å². The van der Waals surface area contributed by atoms with Crippen LogP contribution in [0.4, 0.5) is 10.7 Å². The molecule has 11 heteroatoms. The Morgan fingerprint density at radius 1 is 1.12 bits per heavy atom. The van der Waals surface area contributed by atoms with Gasteiger partial charge in [0, 0.05) is 29.8 Å². The maximum atomic E-state index is 12.9. The van der Waals surface area contributed by atoms with E-state index in [9.17, 15) is 4.79 Å². The minimum absolute atomic E-state index is 0.00700. The van der Waals surface area contributed by atoms with E-state index in [0.29, 0.717) is 16.4 Å². The van der Waals surface area contributed by atoms with Crippen LogP contribution in [-0.4, -0.2) is 47.9 Å². The van der Waals surface area contributed by atoms with E-state index < -0.39 is 12.1 Å². The van der Waals surface area contributed by atoms with Crippen LogP contribution < -0.4 is 16.8 Å². The first-order valence-electron chi connectivity index (χ1n) is 13.3. The number of nitrogens with two attached hydrogens (primary N) is 2. The summed E-state index contributed by atoms with van der Waals surface area (Å²) in [5, 5.41) is 12.5. The zero-order valence-electron chi connectivity index (χ0n) is 22.4. The number of anilines is 2. The van der Waals surface area contributed by atoms with Crippen molar-refractivity contribution in [2.24, 2.45) is 15.7 Å². The molecule has 3 aromatic rings. The third-order valence-electron chi connectivity index (χ3n) is 7.10. The number of fused-ring (bicyclic) bond motifs is 1. The predicted octanol–water partition coefficient (Wildman–Crippen LogP) is 4.44. The molecule has 2 fully saturated rings. The maximum absolute atomic E-state index is 12.9. The number of para-hydroxylation sites is 1. The second-order valence-corrected chi connectivity index (χ2v) is 11.1. The van der Waals surface area contributed by atoms with Crippen molar-refractivity contribution < 1.29 is 14.3 Å². The number of hydrogen-bond donors (Lipinski definition) is 4. The number of carbonyl (C=O) groups is 1. The van der Waals surface area contributed by atoms with Gasteiger partial charge in [-0.2, -0.15) is 4.99 Å². The van der Waals surface area contributed by atoms with Crippen molar-refractivity contribution in [3.8, 4) is 0 Å². The van der Waals surface area contributed by atoms with Crippen LogP contribution in [0.5, 0.6) is 0 Å². The lowest BCUT2D eigenvalue weighted by Gasteiger charge is -2.36. The van der Waals surface area contributed by atoms with E-state index in [1.54, 1.807) is 6.07 Å². The Bertz CT molecular complexity index is 1440. The van der Waals surface area contributed by atoms with Gasteiger partial charge in [-0.3, -0.25) is 10.2 Å². The second-order valence-electron chi connectivity index (χ2n) is 10.1. The van der Waals surface area contributed by atoms with E-state index in [4.69, 9.17) is 26.4 Å². The third kappa shape index (κ3) is 6.05. The first-order valence-corrected chi connectivity index (χ1v) is 14.1. The van der Waals surface area contributed by atoms with Crippen LogP contribution in [0.15, 0.2) is 64.6 Å². The number of nitrogens with zero attached hydrogens (tertiary/aromatic N) is 3. The summed E-state index contributed by atoms with van der Waals surface area (Å²) >= 11 is 1.36. The molecule has 208 valence electrons. The summed E-state index contributed by atoms with van der Waals surface area (Å²) in [6, 6.07) is 16.5. The number of aliphatic imine (C=N–C) groups is 2. The fraction of sp³-hybridized carbons (Fsp3) is 0.345. The standard InChI is InChI=1S/C25H25N7O2S.C4H8O/c1-25(12-7-13-25)23-31-18(20(27)35-23)19(26)34-24(28)32-21-22(33)29-16-11-6-5-10-15(16)17(30-21)14-8-3-2-4-9-14;1-2-4-5-3-1/h2-6,8-11,21,26H,7,12-13,27H2,1H3,(H2,28,32)(H,29,33);1-4H2. The Balaban J connectivity index is 0.000000582. The van der Waals surface area contributed by atoms with Crippen LogP contribution in [0, 0.1) is 5.41 Å². The molecular weight excluding hydrogens is 526 g/mol. The van der Waals surface area contributed by atoms with Crippen molar-refractivity contribution in [2.75, 3.05) is 24.3 Å². The SMILES string of the molecule is C1CCOC1.CC1(c2nc(C(=N)O/C(N)=N/C3N=C(c4ccccc4)c4ccccc4NC3=O)c(N)s2)CCC1. The van der Waals surface area contributed by atoms with E-state index in [0.717, 1.165) is 48.6 Å². The highest BCUT2D eigenvalue weighted by molar-refractivity contribution is 7.16. The van der Waals surface area contributed by atoms with Crippen molar-refractivity contribution in [1.29, 1.82) is 5.41 Å². The van der Waals surface area contributed by atoms with Gasteiger partial charge in [0.15, 0.2) is 5.69 Å². The number of amidine groups is 1. The molecule has 3 aliphatic rings.